The van der Waals surface area contributed by atoms with Gasteiger partial charge in [0, 0.05) is 39.8 Å². The average molecular weight is 497 g/mol. The van der Waals surface area contributed by atoms with E-state index in [0.29, 0.717) is 38.6 Å². The van der Waals surface area contributed by atoms with Gasteiger partial charge in [-0.25, -0.2) is 8.78 Å². The molecule has 0 saturated carbocycles. The van der Waals surface area contributed by atoms with Crippen molar-refractivity contribution >= 4 is 41.5 Å². The van der Waals surface area contributed by atoms with Gasteiger partial charge in [-0.3, -0.25) is 9.79 Å². The first-order chi connectivity index (χ1) is 12.5. The van der Waals surface area contributed by atoms with E-state index < -0.39 is 11.6 Å². The highest BCUT2D eigenvalue weighted by molar-refractivity contribution is 14.0. The van der Waals surface area contributed by atoms with E-state index in [9.17, 15) is 13.6 Å². The predicted octanol–water partition coefficient (Wildman–Crippen LogP) is 1.09. The van der Waals surface area contributed by atoms with Crippen molar-refractivity contribution in [1.29, 1.82) is 0 Å². The van der Waals surface area contributed by atoms with Crippen molar-refractivity contribution in [2.45, 2.75) is 12.5 Å². The van der Waals surface area contributed by atoms with Gasteiger partial charge in [0.05, 0.1) is 13.2 Å². The van der Waals surface area contributed by atoms with Crippen LogP contribution in [0.1, 0.15) is 6.42 Å². The van der Waals surface area contributed by atoms with Crippen molar-refractivity contribution < 1.29 is 18.3 Å². The summed E-state index contributed by atoms with van der Waals surface area (Å²) in [5.41, 5.74) is -0.00253. The summed E-state index contributed by atoms with van der Waals surface area (Å²) in [6.45, 7) is 1.93. The van der Waals surface area contributed by atoms with E-state index in [4.69, 9.17) is 4.74 Å². The Balaban J connectivity index is 0.00000364. The lowest BCUT2D eigenvalue weighted by atomic mass is 10.2. The van der Waals surface area contributed by atoms with Crippen LogP contribution in [0.2, 0.25) is 0 Å². The number of ether oxygens (including phenoxy) is 1. The SMILES string of the molecule is CN=C(NCC(=O)NCCOC)NC1CCN(c2c(F)cccc2F)C1.I. The number of carbonyl (C=O) groups excluding carboxylic acids is 1. The van der Waals surface area contributed by atoms with Crippen molar-refractivity contribution in [1.82, 2.24) is 16.0 Å². The van der Waals surface area contributed by atoms with Crippen molar-refractivity contribution in [2.75, 3.05) is 51.8 Å². The standard InChI is InChI=1S/C17H25F2N5O2.HI/c1-20-17(22-10-15(25)21-7-9-26-2)23-12-6-8-24(11-12)16-13(18)4-3-5-14(16)19;/h3-5,12H,6-11H2,1-2H3,(H,21,25)(H2,20,22,23);1H. The summed E-state index contributed by atoms with van der Waals surface area (Å²) in [5.74, 6) is -0.846. The lowest BCUT2D eigenvalue weighted by molar-refractivity contribution is -0.120. The summed E-state index contributed by atoms with van der Waals surface area (Å²) in [5, 5.41) is 8.79. The lowest BCUT2D eigenvalue weighted by Crippen LogP contribution is -2.47. The Morgan fingerprint density at radius 3 is 2.67 bits per heavy atom. The van der Waals surface area contributed by atoms with Gasteiger partial charge in [0.15, 0.2) is 5.96 Å². The Morgan fingerprint density at radius 1 is 1.33 bits per heavy atom. The first-order valence-corrected chi connectivity index (χ1v) is 8.47. The number of carbonyl (C=O) groups is 1. The minimum Gasteiger partial charge on any atom is -0.383 e. The zero-order valence-electron chi connectivity index (χ0n) is 15.4. The number of halogens is 3. The molecule has 152 valence electrons. The van der Waals surface area contributed by atoms with Crippen LogP contribution < -0.4 is 20.9 Å². The molecule has 1 atom stereocenters. The first-order valence-electron chi connectivity index (χ1n) is 8.47. The van der Waals surface area contributed by atoms with Gasteiger partial charge < -0.3 is 25.6 Å². The molecule has 1 aromatic rings. The largest absolute Gasteiger partial charge is 0.383 e. The maximum atomic E-state index is 13.9. The molecule has 1 unspecified atom stereocenters. The summed E-state index contributed by atoms with van der Waals surface area (Å²) >= 11 is 0. The normalized spacial score (nSPS) is 16.7. The summed E-state index contributed by atoms with van der Waals surface area (Å²) in [4.78, 5) is 17.4. The van der Waals surface area contributed by atoms with E-state index in [1.165, 1.54) is 18.2 Å². The van der Waals surface area contributed by atoms with Crippen LogP contribution in [0.4, 0.5) is 14.5 Å². The molecule has 1 aliphatic rings. The molecule has 0 aromatic heterocycles. The third kappa shape index (κ3) is 7.09. The van der Waals surface area contributed by atoms with Crippen molar-refractivity contribution in [3.63, 3.8) is 0 Å². The van der Waals surface area contributed by atoms with Crippen LogP contribution in [-0.4, -0.2) is 64.9 Å². The topological polar surface area (TPSA) is 78.0 Å². The highest BCUT2D eigenvalue weighted by Gasteiger charge is 2.27. The number of guanidine groups is 1. The fraction of sp³-hybridized carbons (Fsp3) is 0.529. The van der Waals surface area contributed by atoms with Crippen molar-refractivity contribution in [3.05, 3.63) is 29.8 Å². The predicted molar refractivity (Wildman–Crippen MR) is 112 cm³/mol. The molecule has 1 saturated heterocycles. The lowest BCUT2D eigenvalue weighted by Gasteiger charge is -2.21. The van der Waals surface area contributed by atoms with Gasteiger partial charge in [-0.1, -0.05) is 6.07 Å². The smallest absolute Gasteiger partial charge is 0.239 e. The van der Waals surface area contributed by atoms with Crippen molar-refractivity contribution in [3.8, 4) is 0 Å². The van der Waals surface area contributed by atoms with E-state index in [1.54, 1.807) is 19.1 Å². The zero-order valence-corrected chi connectivity index (χ0v) is 17.8. The molecule has 27 heavy (non-hydrogen) atoms. The molecular formula is C17H26F2IN5O2. The summed E-state index contributed by atoms with van der Waals surface area (Å²) < 4.78 is 32.7. The molecule has 7 nitrogen and oxygen atoms in total. The number of aliphatic imine (C=N–C) groups is 1. The van der Waals surface area contributed by atoms with Gasteiger partial charge in [0.25, 0.3) is 0 Å². The molecule has 1 amide bonds. The Morgan fingerprint density at radius 2 is 2.04 bits per heavy atom. The molecule has 0 spiro atoms. The van der Waals surface area contributed by atoms with Gasteiger partial charge >= 0.3 is 0 Å². The maximum Gasteiger partial charge on any atom is 0.239 e. The molecule has 0 aliphatic carbocycles. The first kappa shape index (κ1) is 23.3. The molecule has 1 heterocycles. The van der Waals surface area contributed by atoms with Crippen LogP contribution in [0.5, 0.6) is 0 Å². The minimum absolute atomic E-state index is 0. The van der Waals surface area contributed by atoms with Crippen molar-refractivity contribution in [2.24, 2.45) is 4.99 Å². The van der Waals surface area contributed by atoms with E-state index in [1.807, 2.05) is 0 Å². The Hall–Kier alpha value is -1.69. The Labute approximate surface area is 174 Å². The Kier molecular flexibility index (Phi) is 10.3. The molecule has 1 aliphatic heterocycles. The number of amides is 1. The fourth-order valence-electron chi connectivity index (χ4n) is 2.78. The summed E-state index contributed by atoms with van der Waals surface area (Å²) in [6.07, 6.45) is 0.703. The van der Waals surface area contributed by atoms with Crippen LogP contribution in [0, 0.1) is 11.6 Å². The number of hydrogen-bond donors (Lipinski definition) is 3. The second-order valence-corrected chi connectivity index (χ2v) is 5.91. The fourth-order valence-corrected chi connectivity index (χ4v) is 2.78. The molecular weight excluding hydrogens is 471 g/mol. The molecule has 1 aromatic carbocycles. The highest BCUT2D eigenvalue weighted by atomic mass is 127. The van der Waals surface area contributed by atoms with Gasteiger partial charge in [0.1, 0.15) is 17.3 Å². The van der Waals surface area contributed by atoms with Crippen LogP contribution in [0.25, 0.3) is 0 Å². The highest BCUT2D eigenvalue weighted by Crippen LogP contribution is 2.26. The van der Waals surface area contributed by atoms with Gasteiger partial charge in [0.2, 0.25) is 5.91 Å². The van der Waals surface area contributed by atoms with Crippen LogP contribution in [0.3, 0.4) is 0 Å². The van der Waals surface area contributed by atoms with Crippen LogP contribution >= 0.6 is 24.0 Å². The van der Waals surface area contributed by atoms with E-state index >= 15 is 0 Å². The maximum absolute atomic E-state index is 13.9. The molecule has 3 N–H and O–H groups in total. The van der Waals surface area contributed by atoms with E-state index in [-0.39, 0.29) is 48.2 Å². The zero-order chi connectivity index (χ0) is 18.9. The average Bonchev–Trinajstić information content (AvgIpc) is 3.06. The number of para-hydroxylation sites is 1. The summed E-state index contributed by atoms with van der Waals surface area (Å²) in [6, 6.07) is 3.82. The van der Waals surface area contributed by atoms with Crippen LogP contribution in [0.15, 0.2) is 23.2 Å². The number of benzene rings is 1. The monoisotopic (exact) mass is 497 g/mol. The van der Waals surface area contributed by atoms with Gasteiger partial charge in [-0.15, -0.1) is 24.0 Å². The molecule has 2 rings (SSSR count). The third-order valence-electron chi connectivity index (χ3n) is 4.05. The van der Waals surface area contributed by atoms with Crippen LogP contribution in [-0.2, 0) is 9.53 Å². The molecule has 0 radical (unpaired) electrons. The molecule has 0 bridgehead atoms. The number of anilines is 1. The quantitative estimate of drug-likeness (QED) is 0.228. The van der Waals surface area contributed by atoms with Gasteiger partial charge in [-0.05, 0) is 18.6 Å². The van der Waals surface area contributed by atoms with E-state index in [0.717, 1.165) is 0 Å². The number of nitrogens with one attached hydrogen (secondary N) is 3. The van der Waals surface area contributed by atoms with Gasteiger partial charge in [-0.2, -0.15) is 0 Å². The van der Waals surface area contributed by atoms with E-state index in [2.05, 4.69) is 20.9 Å². The second-order valence-electron chi connectivity index (χ2n) is 5.91. The number of hydrogen-bond acceptors (Lipinski definition) is 4. The second kappa shape index (κ2) is 11.9. The number of nitrogens with zero attached hydrogens (tertiary/aromatic N) is 2. The minimum atomic E-state index is -0.569. The molecule has 10 heteroatoms. The number of rotatable bonds is 7. The number of methoxy groups -OCH3 is 1. The Bertz CT molecular complexity index is 627. The molecule has 1 fully saturated rings. The third-order valence-corrected chi connectivity index (χ3v) is 4.05. The summed E-state index contributed by atoms with van der Waals surface area (Å²) in [7, 11) is 3.16.